The van der Waals surface area contributed by atoms with Crippen LogP contribution < -0.4 is 10.9 Å². The number of para-hydroxylation sites is 1. The molecule has 0 radical (unpaired) electrons. The Bertz CT molecular complexity index is 1230. The van der Waals surface area contributed by atoms with Gasteiger partial charge < -0.3 is 5.32 Å². The predicted molar refractivity (Wildman–Crippen MR) is 116 cm³/mol. The van der Waals surface area contributed by atoms with Crippen molar-refractivity contribution in [2.45, 2.75) is 19.8 Å². The van der Waals surface area contributed by atoms with Gasteiger partial charge in [0.05, 0.1) is 16.6 Å². The van der Waals surface area contributed by atoms with Crippen LogP contribution in [0, 0.1) is 0 Å². The SMILES string of the molecule is CC(=O)Nc1ccc(-n2c([C@H](C)c3ccccc3)nc3ccccc3c2=O)cc1. The molecule has 4 aromatic rings. The van der Waals surface area contributed by atoms with E-state index in [1.807, 2.05) is 67.6 Å². The summed E-state index contributed by atoms with van der Waals surface area (Å²) in [6, 6.07) is 24.6. The molecule has 0 saturated heterocycles. The molecule has 0 fully saturated rings. The van der Waals surface area contributed by atoms with Crippen LogP contribution in [0.4, 0.5) is 5.69 Å². The molecular formula is C24H21N3O2. The van der Waals surface area contributed by atoms with Crippen molar-refractivity contribution in [2.75, 3.05) is 5.32 Å². The number of carbonyl (C=O) groups excluding carboxylic acids is 1. The largest absolute Gasteiger partial charge is 0.326 e. The number of carbonyl (C=O) groups is 1. The van der Waals surface area contributed by atoms with E-state index in [2.05, 4.69) is 5.32 Å². The maximum Gasteiger partial charge on any atom is 0.265 e. The second-order valence-corrected chi connectivity index (χ2v) is 6.99. The molecule has 0 aliphatic carbocycles. The number of hydrogen-bond acceptors (Lipinski definition) is 3. The minimum absolute atomic E-state index is 0.0801. The second kappa shape index (κ2) is 7.72. The summed E-state index contributed by atoms with van der Waals surface area (Å²) in [5.41, 5.74) is 3.04. The van der Waals surface area contributed by atoms with Gasteiger partial charge in [-0.05, 0) is 42.0 Å². The molecule has 5 heteroatoms. The van der Waals surface area contributed by atoms with Gasteiger partial charge in [-0.25, -0.2) is 4.98 Å². The topological polar surface area (TPSA) is 64.0 Å². The van der Waals surface area contributed by atoms with Crippen molar-refractivity contribution in [3.8, 4) is 5.69 Å². The van der Waals surface area contributed by atoms with E-state index in [-0.39, 0.29) is 17.4 Å². The number of amides is 1. The first kappa shape index (κ1) is 18.6. The molecule has 0 spiro atoms. The smallest absolute Gasteiger partial charge is 0.265 e. The molecule has 0 aliphatic rings. The number of benzene rings is 3. The summed E-state index contributed by atoms with van der Waals surface area (Å²) in [5, 5.41) is 3.32. The highest BCUT2D eigenvalue weighted by molar-refractivity contribution is 5.88. The zero-order valence-electron chi connectivity index (χ0n) is 16.3. The van der Waals surface area contributed by atoms with E-state index in [4.69, 9.17) is 4.98 Å². The molecule has 1 N–H and O–H groups in total. The predicted octanol–water partition coefficient (Wildman–Crippen LogP) is 4.50. The lowest BCUT2D eigenvalue weighted by Gasteiger charge is -2.19. The third-order valence-corrected chi connectivity index (χ3v) is 4.93. The molecule has 1 amide bonds. The van der Waals surface area contributed by atoms with Crippen LogP contribution in [0.1, 0.15) is 31.2 Å². The first-order chi connectivity index (χ1) is 14.0. The second-order valence-electron chi connectivity index (χ2n) is 6.99. The molecule has 5 nitrogen and oxygen atoms in total. The molecule has 1 atom stereocenters. The molecule has 144 valence electrons. The van der Waals surface area contributed by atoms with Crippen molar-refractivity contribution >= 4 is 22.5 Å². The Morgan fingerprint density at radius 2 is 1.59 bits per heavy atom. The normalized spacial score (nSPS) is 11.9. The molecule has 0 aliphatic heterocycles. The highest BCUT2D eigenvalue weighted by Crippen LogP contribution is 2.25. The van der Waals surface area contributed by atoms with Crippen LogP contribution in [0.5, 0.6) is 0 Å². The number of aromatic nitrogens is 2. The third kappa shape index (κ3) is 3.67. The van der Waals surface area contributed by atoms with Gasteiger partial charge in [-0.3, -0.25) is 14.2 Å². The summed E-state index contributed by atoms with van der Waals surface area (Å²) < 4.78 is 1.66. The van der Waals surface area contributed by atoms with Crippen LogP contribution in [0.3, 0.4) is 0 Å². The molecule has 0 saturated carbocycles. The number of hydrogen-bond donors (Lipinski definition) is 1. The first-order valence-electron chi connectivity index (χ1n) is 9.49. The van der Waals surface area contributed by atoms with Crippen LogP contribution >= 0.6 is 0 Å². The number of rotatable bonds is 4. The summed E-state index contributed by atoms with van der Waals surface area (Å²) >= 11 is 0. The fourth-order valence-corrected chi connectivity index (χ4v) is 3.48. The third-order valence-electron chi connectivity index (χ3n) is 4.93. The highest BCUT2D eigenvalue weighted by atomic mass is 16.1. The summed E-state index contributed by atoms with van der Waals surface area (Å²) in [6.07, 6.45) is 0. The Labute approximate surface area is 168 Å². The fourth-order valence-electron chi connectivity index (χ4n) is 3.48. The van der Waals surface area contributed by atoms with Crippen molar-refractivity contribution < 1.29 is 4.79 Å². The average Bonchev–Trinajstić information content (AvgIpc) is 2.74. The monoisotopic (exact) mass is 383 g/mol. The van der Waals surface area contributed by atoms with Crippen molar-refractivity contribution in [1.29, 1.82) is 0 Å². The van der Waals surface area contributed by atoms with Gasteiger partial charge in [-0.1, -0.05) is 49.4 Å². The lowest BCUT2D eigenvalue weighted by Crippen LogP contribution is -2.25. The Balaban J connectivity index is 1.92. The average molecular weight is 383 g/mol. The van der Waals surface area contributed by atoms with Crippen LogP contribution in [-0.2, 0) is 4.79 Å². The highest BCUT2D eigenvalue weighted by Gasteiger charge is 2.19. The Morgan fingerprint density at radius 3 is 2.28 bits per heavy atom. The summed E-state index contributed by atoms with van der Waals surface area (Å²) in [7, 11) is 0. The van der Waals surface area contributed by atoms with Gasteiger partial charge in [0.2, 0.25) is 5.91 Å². The van der Waals surface area contributed by atoms with Gasteiger partial charge in [0.25, 0.3) is 5.56 Å². The van der Waals surface area contributed by atoms with Crippen LogP contribution in [0.2, 0.25) is 0 Å². The first-order valence-corrected chi connectivity index (χ1v) is 9.49. The molecule has 1 aromatic heterocycles. The molecule has 1 heterocycles. The molecule has 3 aromatic carbocycles. The van der Waals surface area contributed by atoms with Gasteiger partial charge in [0.1, 0.15) is 5.82 Å². The van der Waals surface area contributed by atoms with E-state index in [9.17, 15) is 9.59 Å². The maximum atomic E-state index is 13.4. The minimum Gasteiger partial charge on any atom is -0.326 e. The molecule has 4 rings (SSSR count). The van der Waals surface area contributed by atoms with E-state index in [0.717, 1.165) is 5.56 Å². The van der Waals surface area contributed by atoms with E-state index < -0.39 is 0 Å². The van der Waals surface area contributed by atoms with Crippen LogP contribution in [0.15, 0.2) is 83.7 Å². The van der Waals surface area contributed by atoms with E-state index in [0.29, 0.717) is 28.1 Å². The Morgan fingerprint density at radius 1 is 0.931 bits per heavy atom. The molecular weight excluding hydrogens is 362 g/mol. The zero-order chi connectivity index (χ0) is 20.4. The lowest BCUT2D eigenvalue weighted by molar-refractivity contribution is -0.114. The van der Waals surface area contributed by atoms with Gasteiger partial charge in [-0.15, -0.1) is 0 Å². The lowest BCUT2D eigenvalue weighted by atomic mass is 9.99. The number of fused-ring (bicyclic) bond motifs is 1. The van der Waals surface area contributed by atoms with E-state index in [1.165, 1.54) is 6.92 Å². The molecule has 0 unspecified atom stereocenters. The zero-order valence-corrected chi connectivity index (χ0v) is 16.3. The van der Waals surface area contributed by atoms with Crippen molar-refractivity contribution in [1.82, 2.24) is 9.55 Å². The summed E-state index contributed by atoms with van der Waals surface area (Å²) in [5.74, 6) is 0.455. The summed E-state index contributed by atoms with van der Waals surface area (Å²) in [6.45, 7) is 3.51. The van der Waals surface area contributed by atoms with Crippen molar-refractivity contribution in [3.63, 3.8) is 0 Å². The fraction of sp³-hybridized carbons (Fsp3) is 0.125. The van der Waals surface area contributed by atoms with Gasteiger partial charge in [0, 0.05) is 18.5 Å². The van der Waals surface area contributed by atoms with Crippen molar-refractivity contribution in [3.05, 3.63) is 101 Å². The maximum absolute atomic E-state index is 13.4. The summed E-state index contributed by atoms with van der Waals surface area (Å²) in [4.78, 5) is 29.5. The molecule has 0 bridgehead atoms. The van der Waals surface area contributed by atoms with Gasteiger partial charge >= 0.3 is 0 Å². The van der Waals surface area contributed by atoms with Crippen molar-refractivity contribution in [2.24, 2.45) is 0 Å². The number of nitrogens with one attached hydrogen (secondary N) is 1. The standard InChI is InChI=1S/C24H21N3O2/c1-16(18-8-4-3-5-9-18)23-26-22-11-7-6-10-21(22)24(29)27(23)20-14-12-19(13-15-20)25-17(2)28/h3-16H,1-2H3,(H,25,28)/t16-/m1/s1. The van der Waals surface area contributed by atoms with E-state index >= 15 is 0 Å². The van der Waals surface area contributed by atoms with Gasteiger partial charge in [0.15, 0.2) is 0 Å². The molecule has 29 heavy (non-hydrogen) atoms. The van der Waals surface area contributed by atoms with Gasteiger partial charge in [-0.2, -0.15) is 0 Å². The quantitative estimate of drug-likeness (QED) is 0.564. The van der Waals surface area contributed by atoms with Crippen LogP contribution in [0.25, 0.3) is 16.6 Å². The Kier molecular flexibility index (Phi) is 4.96. The van der Waals surface area contributed by atoms with E-state index in [1.54, 1.807) is 22.8 Å². The Hall–Kier alpha value is -3.73. The minimum atomic E-state index is -0.138. The number of nitrogens with zero attached hydrogens (tertiary/aromatic N) is 2. The number of anilines is 1. The van der Waals surface area contributed by atoms with Crippen LogP contribution in [-0.4, -0.2) is 15.5 Å².